The third-order valence-corrected chi connectivity index (χ3v) is 8.32. The lowest BCUT2D eigenvalue weighted by Gasteiger charge is -2.34. The SMILES string of the molecule is Cc1nc(C(=O)N2CCN(C3CC3)CC2)c2cc(C3CCC(C)(C)CC3)sc2n1. The van der Waals surface area contributed by atoms with Crippen LogP contribution in [-0.2, 0) is 0 Å². The molecule has 2 aliphatic carbocycles. The van der Waals surface area contributed by atoms with Crippen LogP contribution in [0.1, 0.15) is 79.5 Å². The predicted molar refractivity (Wildman–Crippen MR) is 118 cm³/mol. The second-order valence-electron chi connectivity index (χ2n) is 9.98. The number of aryl methyl sites for hydroxylation is 1. The van der Waals surface area contributed by atoms with Gasteiger partial charge in [-0.2, -0.15) is 0 Å². The van der Waals surface area contributed by atoms with Crippen molar-refractivity contribution in [1.29, 1.82) is 0 Å². The maximum atomic E-state index is 13.4. The first-order valence-electron chi connectivity index (χ1n) is 11.2. The molecule has 3 heterocycles. The second-order valence-corrected chi connectivity index (χ2v) is 11.0. The molecule has 5 nitrogen and oxygen atoms in total. The minimum Gasteiger partial charge on any atom is -0.335 e. The Morgan fingerprint density at radius 1 is 1.07 bits per heavy atom. The third-order valence-electron chi connectivity index (χ3n) is 7.13. The Kier molecular flexibility index (Phi) is 4.90. The van der Waals surface area contributed by atoms with Gasteiger partial charge in [0.1, 0.15) is 16.3 Å². The fourth-order valence-corrected chi connectivity index (χ4v) is 6.22. The molecular weight excluding hydrogens is 380 g/mol. The van der Waals surface area contributed by atoms with Crippen molar-refractivity contribution in [2.24, 2.45) is 5.41 Å². The molecule has 2 saturated carbocycles. The van der Waals surface area contributed by atoms with Crippen LogP contribution in [0, 0.1) is 12.3 Å². The van der Waals surface area contributed by atoms with Crippen molar-refractivity contribution >= 4 is 27.5 Å². The summed E-state index contributed by atoms with van der Waals surface area (Å²) in [5, 5.41) is 0.968. The number of rotatable bonds is 3. The summed E-state index contributed by atoms with van der Waals surface area (Å²) in [7, 11) is 0. The Morgan fingerprint density at radius 3 is 2.41 bits per heavy atom. The normalized spacial score (nSPS) is 23.6. The van der Waals surface area contributed by atoms with Gasteiger partial charge in [0, 0.05) is 42.5 Å². The highest BCUT2D eigenvalue weighted by atomic mass is 32.1. The molecule has 0 bridgehead atoms. The molecule has 156 valence electrons. The average Bonchev–Trinajstić information content (AvgIpc) is 3.46. The first-order chi connectivity index (χ1) is 13.9. The van der Waals surface area contributed by atoms with Crippen LogP contribution < -0.4 is 0 Å². The smallest absolute Gasteiger partial charge is 0.273 e. The highest BCUT2D eigenvalue weighted by Crippen LogP contribution is 2.45. The first-order valence-corrected chi connectivity index (χ1v) is 12.0. The highest BCUT2D eigenvalue weighted by molar-refractivity contribution is 7.18. The molecule has 0 spiro atoms. The van der Waals surface area contributed by atoms with Gasteiger partial charge in [-0.05, 0) is 62.8 Å². The van der Waals surface area contributed by atoms with Crippen molar-refractivity contribution < 1.29 is 4.79 Å². The minimum atomic E-state index is 0.0880. The van der Waals surface area contributed by atoms with Crippen LogP contribution in [0.4, 0.5) is 0 Å². The van der Waals surface area contributed by atoms with Crippen molar-refractivity contribution in [3.8, 4) is 0 Å². The van der Waals surface area contributed by atoms with Gasteiger partial charge in [0.15, 0.2) is 0 Å². The molecule has 0 N–H and O–H groups in total. The van der Waals surface area contributed by atoms with Gasteiger partial charge in [-0.15, -0.1) is 11.3 Å². The van der Waals surface area contributed by atoms with Crippen LogP contribution in [0.2, 0.25) is 0 Å². The Balaban J connectivity index is 1.38. The minimum absolute atomic E-state index is 0.0880. The van der Waals surface area contributed by atoms with Crippen LogP contribution in [0.15, 0.2) is 6.07 Å². The Labute approximate surface area is 177 Å². The van der Waals surface area contributed by atoms with Gasteiger partial charge in [-0.3, -0.25) is 9.69 Å². The zero-order valence-electron chi connectivity index (χ0n) is 17.9. The molecule has 1 amide bonds. The molecule has 0 aromatic carbocycles. The fraction of sp³-hybridized carbons (Fsp3) is 0.696. The van der Waals surface area contributed by atoms with E-state index in [1.165, 1.54) is 43.4 Å². The molecule has 0 radical (unpaired) electrons. The van der Waals surface area contributed by atoms with E-state index >= 15 is 0 Å². The summed E-state index contributed by atoms with van der Waals surface area (Å²) in [5.74, 6) is 1.40. The third kappa shape index (κ3) is 3.93. The molecule has 2 aromatic heterocycles. The van der Waals surface area contributed by atoms with E-state index in [2.05, 4.69) is 34.8 Å². The molecule has 3 fully saturated rings. The number of hydrogen-bond acceptors (Lipinski definition) is 5. The van der Waals surface area contributed by atoms with Crippen molar-refractivity contribution in [3.63, 3.8) is 0 Å². The lowest BCUT2D eigenvalue weighted by Crippen LogP contribution is -2.49. The standard InChI is InChI=1S/C23H32N4OS/c1-15-24-20(22(28)27-12-10-26(11-13-27)17-4-5-17)18-14-19(29-21(18)25-15)16-6-8-23(2,3)9-7-16/h14,16-17H,4-13H2,1-3H3. The topological polar surface area (TPSA) is 49.3 Å². The van der Waals surface area contributed by atoms with Crippen LogP contribution in [0.3, 0.4) is 0 Å². The second kappa shape index (κ2) is 7.31. The quantitative estimate of drug-likeness (QED) is 0.739. The number of carbonyl (C=O) groups is 1. The van der Waals surface area contributed by atoms with Gasteiger partial charge >= 0.3 is 0 Å². The predicted octanol–water partition coefficient (Wildman–Crippen LogP) is 4.60. The van der Waals surface area contributed by atoms with Gasteiger partial charge in [0.2, 0.25) is 0 Å². The number of thiophene rings is 1. The van der Waals surface area contributed by atoms with Crippen molar-refractivity contribution in [2.75, 3.05) is 26.2 Å². The zero-order chi connectivity index (χ0) is 20.2. The van der Waals surface area contributed by atoms with Crippen LogP contribution >= 0.6 is 11.3 Å². The average molecular weight is 413 g/mol. The lowest BCUT2D eigenvalue weighted by atomic mass is 9.73. The van der Waals surface area contributed by atoms with Gasteiger partial charge in [0.05, 0.1) is 0 Å². The first kappa shape index (κ1) is 19.4. The number of piperazine rings is 1. The summed E-state index contributed by atoms with van der Waals surface area (Å²) in [5.41, 5.74) is 1.08. The summed E-state index contributed by atoms with van der Waals surface area (Å²) in [6.45, 7) is 10.3. The number of aromatic nitrogens is 2. The molecule has 6 heteroatoms. The fourth-order valence-electron chi connectivity index (χ4n) is 4.97. The van der Waals surface area contributed by atoms with Crippen molar-refractivity contribution in [3.05, 3.63) is 22.5 Å². The van der Waals surface area contributed by atoms with Gasteiger partial charge in [-0.25, -0.2) is 9.97 Å². The summed E-state index contributed by atoms with van der Waals surface area (Å²) >= 11 is 1.78. The van der Waals surface area contributed by atoms with E-state index in [-0.39, 0.29) is 5.91 Å². The van der Waals surface area contributed by atoms with E-state index in [0.717, 1.165) is 42.4 Å². The molecule has 5 rings (SSSR count). The number of carbonyl (C=O) groups excluding carboxylic acids is 1. The van der Waals surface area contributed by atoms with Crippen LogP contribution in [0.5, 0.6) is 0 Å². The van der Waals surface area contributed by atoms with E-state index < -0.39 is 0 Å². The number of nitrogens with zero attached hydrogens (tertiary/aromatic N) is 4. The molecule has 1 aliphatic heterocycles. The number of fused-ring (bicyclic) bond motifs is 1. The molecular formula is C23H32N4OS. The maximum Gasteiger partial charge on any atom is 0.273 e. The number of amides is 1. The van der Waals surface area contributed by atoms with Crippen molar-refractivity contribution in [2.45, 2.75) is 71.3 Å². The van der Waals surface area contributed by atoms with Gasteiger partial charge < -0.3 is 4.90 Å². The van der Waals surface area contributed by atoms with Crippen LogP contribution in [-0.4, -0.2) is 57.9 Å². The van der Waals surface area contributed by atoms with E-state index in [9.17, 15) is 4.79 Å². The van der Waals surface area contributed by atoms with Gasteiger partial charge in [-0.1, -0.05) is 13.8 Å². The van der Waals surface area contributed by atoms with Crippen LogP contribution in [0.25, 0.3) is 10.2 Å². The zero-order valence-corrected chi connectivity index (χ0v) is 18.7. The monoisotopic (exact) mass is 412 g/mol. The summed E-state index contributed by atoms with van der Waals surface area (Å²) in [6.07, 6.45) is 7.67. The molecule has 3 aliphatic rings. The summed E-state index contributed by atoms with van der Waals surface area (Å²) < 4.78 is 0. The summed E-state index contributed by atoms with van der Waals surface area (Å²) in [4.78, 5) is 29.6. The maximum absolute atomic E-state index is 13.4. The van der Waals surface area contributed by atoms with Crippen molar-refractivity contribution in [1.82, 2.24) is 19.8 Å². The Bertz CT molecular complexity index is 914. The van der Waals surface area contributed by atoms with E-state index in [0.29, 0.717) is 22.9 Å². The lowest BCUT2D eigenvalue weighted by molar-refractivity contribution is 0.0623. The molecule has 0 unspecified atom stereocenters. The number of hydrogen-bond donors (Lipinski definition) is 0. The molecule has 1 saturated heterocycles. The summed E-state index contributed by atoms with van der Waals surface area (Å²) in [6, 6.07) is 3.01. The van der Waals surface area contributed by atoms with E-state index in [1.807, 2.05) is 11.8 Å². The molecule has 2 aromatic rings. The highest BCUT2D eigenvalue weighted by Gasteiger charge is 2.34. The molecule has 0 atom stereocenters. The molecule has 29 heavy (non-hydrogen) atoms. The largest absolute Gasteiger partial charge is 0.335 e. The van der Waals surface area contributed by atoms with E-state index in [4.69, 9.17) is 0 Å². The Morgan fingerprint density at radius 2 is 1.76 bits per heavy atom. The van der Waals surface area contributed by atoms with E-state index in [1.54, 1.807) is 11.3 Å². The Hall–Kier alpha value is -1.53. The van der Waals surface area contributed by atoms with Gasteiger partial charge in [0.25, 0.3) is 5.91 Å².